The van der Waals surface area contributed by atoms with Crippen molar-refractivity contribution in [2.24, 2.45) is 0 Å². The summed E-state index contributed by atoms with van der Waals surface area (Å²) in [5, 5.41) is 0. The maximum Gasteiger partial charge on any atom is 0.107 e. The molecule has 0 aromatic rings. The Labute approximate surface area is 63.6 Å². The van der Waals surface area contributed by atoms with Gasteiger partial charge in [-0.25, -0.2) is 4.39 Å². The molecule has 0 fully saturated rings. The van der Waals surface area contributed by atoms with E-state index in [1.54, 1.807) is 0 Å². The third-order valence-corrected chi connectivity index (χ3v) is 0.841. The molecule has 0 aliphatic carbocycles. The third kappa shape index (κ3) is 35.4. The van der Waals surface area contributed by atoms with Crippen molar-refractivity contribution in [2.75, 3.05) is 11.1 Å². The first-order valence-electron chi connectivity index (χ1n) is 2.17. The summed E-state index contributed by atoms with van der Waals surface area (Å²) >= 11 is 2.23. The predicted octanol–water partition coefficient (Wildman–Crippen LogP) is 2.75. The standard InChI is InChI=1S/C3H5F.C3H5I/c2*1-2-3-4/h2*2H,1,3H2. The molecule has 0 heterocycles. The van der Waals surface area contributed by atoms with E-state index in [1.807, 2.05) is 6.08 Å². The lowest BCUT2D eigenvalue weighted by Crippen LogP contribution is -1.48. The summed E-state index contributed by atoms with van der Waals surface area (Å²) in [6.07, 6.45) is 3.07. The third-order valence-electron chi connectivity index (χ3n) is 0.218. The molecule has 0 N–H and O–H groups in total. The molecule has 0 aromatic carbocycles. The summed E-state index contributed by atoms with van der Waals surface area (Å²) in [4.78, 5) is 0. The monoisotopic (exact) mass is 228 g/mol. The van der Waals surface area contributed by atoms with E-state index in [0.29, 0.717) is 0 Å². The SMILES string of the molecule is C=CCF.C=CCI. The summed E-state index contributed by atoms with van der Waals surface area (Å²) in [6, 6.07) is 0. The van der Waals surface area contributed by atoms with Gasteiger partial charge in [-0.3, -0.25) is 0 Å². The van der Waals surface area contributed by atoms with Crippen LogP contribution in [0.15, 0.2) is 25.3 Å². The maximum absolute atomic E-state index is 10.6. The fourth-order valence-electron chi connectivity index (χ4n) is 0. The second-order valence-electron chi connectivity index (χ2n) is 0.886. The smallest absolute Gasteiger partial charge is 0.107 e. The Balaban J connectivity index is 0. The van der Waals surface area contributed by atoms with Gasteiger partial charge in [0, 0.05) is 4.43 Å². The van der Waals surface area contributed by atoms with Crippen LogP contribution in [0.1, 0.15) is 0 Å². The zero-order valence-corrected chi connectivity index (χ0v) is 6.90. The summed E-state index contributed by atoms with van der Waals surface area (Å²) < 4.78 is 11.7. The van der Waals surface area contributed by atoms with E-state index in [4.69, 9.17) is 0 Å². The minimum Gasteiger partial charge on any atom is -0.247 e. The van der Waals surface area contributed by atoms with Gasteiger partial charge in [-0.15, -0.1) is 13.2 Å². The van der Waals surface area contributed by atoms with Crippen LogP contribution in [-0.2, 0) is 0 Å². The molecule has 0 bridgehead atoms. The van der Waals surface area contributed by atoms with E-state index >= 15 is 0 Å². The molecular weight excluding hydrogens is 218 g/mol. The second kappa shape index (κ2) is 15.7. The minimum atomic E-state index is -0.417. The number of hydrogen-bond acceptors (Lipinski definition) is 0. The van der Waals surface area contributed by atoms with Gasteiger partial charge in [0.2, 0.25) is 0 Å². The van der Waals surface area contributed by atoms with Crippen molar-refractivity contribution in [1.29, 1.82) is 0 Å². The maximum atomic E-state index is 10.6. The lowest BCUT2D eigenvalue weighted by molar-refractivity contribution is 0.562. The molecule has 0 saturated heterocycles. The van der Waals surface area contributed by atoms with Gasteiger partial charge >= 0.3 is 0 Å². The van der Waals surface area contributed by atoms with Crippen LogP contribution >= 0.6 is 22.6 Å². The Hall–Kier alpha value is 0.140. The lowest BCUT2D eigenvalue weighted by atomic mass is 10.7. The highest BCUT2D eigenvalue weighted by Gasteiger charge is 1.49. The van der Waals surface area contributed by atoms with Crippen LogP contribution in [0.3, 0.4) is 0 Å². The Morgan fingerprint density at radius 2 is 1.62 bits per heavy atom. The van der Waals surface area contributed by atoms with E-state index in [-0.39, 0.29) is 0 Å². The first-order chi connectivity index (χ1) is 3.83. The summed E-state index contributed by atoms with van der Waals surface area (Å²) in [6.45, 7) is 6.16. The quantitative estimate of drug-likeness (QED) is 0.387. The van der Waals surface area contributed by atoms with Gasteiger partial charge in [-0.05, 0) is 0 Å². The average molecular weight is 228 g/mol. The highest BCUT2D eigenvalue weighted by molar-refractivity contribution is 14.1. The molecule has 0 amide bonds. The van der Waals surface area contributed by atoms with Gasteiger partial charge in [0.1, 0.15) is 6.67 Å². The van der Waals surface area contributed by atoms with Gasteiger partial charge in [0.05, 0.1) is 0 Å². The second-order valence-corrected chi connectivity index (χ2v) is 1.77. The van der Waals surface area contributed by atoms with Crippen molar-refractivity contribution in [3.05, 3.63) is 25.3 Å². The number of hydrogen-bond donors (Lipinski definition) is 0. The van der Waals surface area contributed by atoms with Gasteiger partial charge in [0.25, 0.3) is 0 Å². The molecule has 8 heavy (non-hydrogen) atoms. The number of rotatable bonds is 2. The zero-order chi connectivity index (χ0) is 6.83. The lowest BCUT2D eigenvalue weighted by Gasteiger charge is -1.55. The van der Waals surface area contributed by atoms with Gasteiger partial charge in [0.15, 0.2) is 0 Å². The van der Waals surface area contributed by atoms with Crippen LogP contribution in [-0.4, -0.2) is 11.1 Å². The van der Waals surface area contributed by atoms with E-state index in [0.717, 1.165) is 4.43 Å². The Bertz CT molecular complexity index is 44.5. The van der Waals surface area contributed by atoms with Crippen molar-refractivity contribution in [3.8, 4) is 0 Å². The topological polar surface area (TPSA) is 0 Å². The van der Waals surface area contributed by atoms with Crippen molar-refractivity contribution >= 4 is 22.6 Å². The molecule has 0 aromatic heterocycles. The summed E-state index contributed by atoms with van der Waals surface area (Å²) in [5.74, 6) is 0. The van der Waals surface area contributed by atoms with Crippen molar-refractivity contribution in [3.63, 3.8) is 0 Å². The zero-order valence-electron chi connectivity index (χ0n) is 4.74. The fraction of sp³-hybridized carbons (Fsp3) is 0.333. The minimum absolute atomic E-state index is 0.417. The molecule has 0 spiro atoms. The largest absolute Gasteiger partial charge is 0.247 e. The molecule has 0 atom stereocenters. The van der Waals surface area contributed by atoms with Crippen molar-refractivity contribution in [1.82, 2.24) is 0 Å². The number of alkyl halides is 2. The van der Waals surface area contributed by atoms with Crippen LogP contribution in [0.5, 0.6) is 0 Å². The summed E-state index contributed by atoms with van der Waals surface area (Å²) in [5.41, 5.74) is 0. The molecule has 48 valence electrons. The van der Waals surface area contributed by atoms with E-state index in [1.165, 1.54) is 6.08 Å². The van der Waals surface area contributed by atoms with Gasteiger partial charge in [-0.2, -0.15) is 0 Å². The van der Waals surface area contributed by atoms with E-state index in [9.17, 15) is 4.39 Å². The molecule has 0 radical (unpaired) electrons. The van der Waals surface area contributed by atoms with Crippen LogP contribution in [0.4, 0.5) is 4.39 Å². The van der Waals surface area contributed by atoms with Gasteiger partial charge < -0.3 is 0 Å². The van der Waals surface area contributed by atoms with Gasteiger partial charge in [-0.1, -0.05) is 34.7 Å². The highest BCUT2D eigenvalue weighted by atomic mass is 127. The van der Waals surface area contributed by atoms with Crippen LogP contribution in [0.2, 0.25) is 0 Å². The molecule has 0 rings (SSSR count). The first kappa shape index (κ1) is 11.0. The highest BCUT2D eigenvalue weighted by Crippen LogP contribution is 1.75. The normalized spacial score (nSPS) is 6.25. The molecule has 0 aliphatic heterocycles. The van der Waals surface area contributed by atoms with Crippen LogP contribution in [0.25, 0.3) is 0 Å². The molecule has 0 nitrogen and oxygen atoms in total. The molecule has 0 unspecified atom stereocenters. The molecule has 0 aliphatic rings. The van der Waals surface area contributed by atoms with Crippen molar-refractivity contribution in [2.45, 2.75) is 0 Å². The number of allylic oxidation sites excluding steroid dienone is 2. The molecule has 0 saturated carbocycles. The van der Waals surface area contributed by atoms with E-state index < -0.39 is 6.67 Å². The Morgan fingerprint density at radius 1 is 1.38 bits per heavy atom. The van der Waals surface area contributed by atoms with Crippen LogP contribution in [0, 0.1) is 0 Å². The van der Waals surface area contributed by atoms with Crippen LogP contribution < -0.4 is 0 Å². The van der Waals surface area contributed by atoms with E-state index in [2.05, 4.69) is 35.7 Å². The molecular formula is C6H10FI. The molecule has 2 heteroatoms. The predicted molar refractivity (Wildman–Crippen MR) is 45.3 cm³/mol. The Kier molecular flexibility index (Phi) is 21.6. The van der Waals surface area contributed by atoms with Crippen molar-refractivity contribution < 1.29 is 4.39 Å². The Morgan fingerprint density at radius 3 is 1.62 bits per heavy atom. The first-order valence-corrected chi connectivity index (χ1v) is 3.69. The number of halogens is 2. The summed E-state index contributed by atoms with van der Waals surface area (Å²) in [7, 11) is 0. The fourth-order valence-corrected chi connectivity index (χ4v) is 0. The average Bonchev–Trinajstić information content (AvgIpc) is 1.88.